The Bertz CT molecular complexity index is 1390. The molecule has 0 atom stereocenters. The lowest BCUT2D eigenvalue weighted by molar-refractivity contribution is -0.391. The highest BCUT2D eigenvalue weighted by atomic mass is 35.5. The third-order valence-electron chi connectivity index (χ3n) is 4.81. The number of nitro groups is 1. The SMILES string of the molecule is COc1cc(CNc2nc(C)nc(C)c2Cl)cc(Oc2ccc3ncc([N+](=O)[O-])n3n2)c1OC. The second-order valence-corrected chi connectivity index (χ2v) is 7.50. The van der Waals surface area contributed by atoms with Gasteiger partial charge in [-0.25, -0.2) is 15.0 Å². The van der Waals surface area contributed by atoms with Crippen molar-refractivity contribution in [2.75, 3.05) is 19.5 Å². The van der Waals surface area contributed by atoms with Crippen molar-refractivity contribution in [1.29, 1.82) is 0 Å². The lowest BCUT2D eigenvalue weighted by Gasteiger charge is -2.16. The molecule has 0 bridgehead atoms. The Balaban J connectivity index is 1.67. The average molecular weight is 486 g/mol. The third kappa shape index (κ3) is 4.48. The van der Waals surface area contributed by atoms with Crippen LogP contribution in [0.2, 0.25) is 5.02 Å². The summed E-state index contributed by atoms with van der Waals surface area (Å²) in [6.07, 6.45) is 1.13. The Hall–Kier alpha value is -4.19. The van der Waals surface area contributed by atoms with Crippen LogP contribution in [0.25, 0.3) is 5.65 Å². The molecule has 0 saturated carbocycles. The number of ether oxygens (including phenoxy) is 3. The maximum absolute atomic E-state index is 11.2. The number of imidazole rings is 1. The van der Waals surface area contributed by atoms with Crippen LogP contribution in [0.3, 0.4) is 0 Å². The molecule has 0 saturated heterocycles. The highest BCUT2D eigenvalue weighted by Crippen LogP contribution is 2.40. The first-order valence-corrected chi connectivity index (χ1v) is 10.3. The summed E-state index contributed by atoms with van der Waals surface area (Å²) in [5.41, 5.74) is 1.75. The van der Waals surface area contributed by atoms with Crippen molar-refractivity contribution < 1.29 is 19.1 Å². The van der Waals surface area contributed by atoms with Gasteiger partial charge in [-0.3, -0.25) is 0 Å². The van der Waals surface area contributed by atoms with Crippen molar-refractivity contribution in [3.8, 4) is 23.1 Å². The van der Waals surface area contributed by atoms with E-state index < -0.39 is 4.92 Å². The Morgan fingerprint density at radius 2 is 1.91 bits per heavy atom. The summed E-state index contributed by atoms with van der Waals surface area (Å²) in [5.74, 6) is 1.97. The molecule has 3 aromatic heterocycles. The van der Waals surface area contributed by atoms with Crippen molar-refractivity contribution in [3.05, 3.63) is 62.7 Å². The number of benzene rings is 1. The number of aryl methyl sites for hydroxylation is 2. The van der Waals surface area contributed by atoms with Crippen LogP contribution in [0.5, 0.6) is 23.1 Å². The first-order valence-electron chi connectivity index (χ1n) is 9.97. The van der Waals surface area contributed by atoms with E-state index in [0.29, 0.717) is 51.8 Å². The Morgan fingerprint density at radius 3 is 2.62 bits per heavy atom. The molecule has 4 aromatic rings. The summed E-state index contributed by atoms with van der Waals surface area (Å²) in [6, 6.07) is 6.63. The van der Waals surface area contributed by atoms with Gasteiger partial charge < -0.3 is 29.6 Å². The summed E-state index contributed by atoms with van der Waals surface area (Å²) < 4.78 is 18.0. The van der Waals surface area contributed by atoms with Gasteiger partial charge in [0.2, 0.25) is 11.4 Å². The topological polar surface area (TPSA) is 139 Å². The minimum absolute atomic E-state index is 0.101. The van der Waals surface area contributed by atoms with E-state index >= 15 is 0 Å². The fourth-order valence-corrected chi connectivity index (χ4v) is 3.45. The maximum atomic E-state index is 11.2. The highest BCUT2D eigenvalue weighted by molar-refractivity contribution is 6.33. The number of methoxy groups -OCH3 is 2. The van der Waals surface area contributed by atoms with Crippen molar-refractivity contribution >= 4 is 28.9 Å². The standard InChI is InChI=1S/C21H20ClN7O5/c1-11-19(22)21(26-12(2)25-11)24-9-13-7-14(32-3)20(33-4)15(8-13)34-17-6-5-16-23-10-18(29(30)31)28(16)27-17/h5-8,10H,9H2,1-4H3,(H,24,25,26). The molecule has 3 heterocycles. The molecule has 4 rings (SSSR count). The van der Waals surface area contributed by atoms with Crippen LogP contribution >= 0.6 is 11.6 Å². The van der Waals surface area contributed by atoms with Crippen LogP contribution in [0, 0.1) is 24.0 Å². The molecule has 1 aromatic carbocycles. The summed E-state index contributed by atoms with van der Waals surface area (Å²) in [4.78, 5) is 23.2. The normalized spacial score (nSPS) is 10.9. The monoisotopic (exact) mass is 485 g/mol. The average Bonchev–Trinajstić information content (AvgIpc) is 3.23. The smallest absolute Gasteiger partial charge is 0.368 e. The van der Waals surface area contributed by atoms with Gasteiger partial charge in [0.05, 0.1) is 19.9 Å². The van der Waals surface area contributed by atoms with E-state index in [1.807, 2.05) is 0 Å². The van der Waals surface area contributed by atoms with Crippen molar-refractivity contribution in [2.24, 2.45) is 0 Å². The summed E-state index contributed by atoms with van der Waals surface area (Å²) in [7, 11) is 2.98. The third-order valence-corrected chi connectivity index (χ3v) is 5.27. The molecule has 0 radical (unpaired) electrons. The number of fused-ring (bicyclic) bond motifs is 1. The van der Waals surface area contributed by atoms with Crippen LogP contribution in [-0.4, -0.2) is 43.7 Å². The highest BCUT2D eigenvalue weighted by Gasteiger charge is 2.20. The Morgan fingerprint density at radius 1 is 1.15 bits per heavy atom. The number of hydrogen-bond acceptors (Lipinski definition) is 10. The lowest BCUT2D eigenvalue weighted by atomic mass is 10.1. The Labute approximate surface area is 198 Å². The number of rotatable bonds is 8. The van der Waals surface area contributed by atoms with E-state index in [1.165, 1.54) is 14.2 Å². The minimum atomic E-state index is -0.575. The molecule has 0 aliphatic heterocycles. The van der Waals surface area contributed by atoms with Gasteiger partial charge in [0.25, 0.3) is 5.88 Å². The van der Waals surface area contributed by atoms with Gasteiger partial charge in [0.1, 0.15) is 22.9 Å². The summed E-state index contributed by atoms with van der Waals surface area (Å²) in [5, 5.41) is 19.0. The zero-order chi connectivity index (χ0) is 24.4. The quantitative estimate of drug-likeness (QED) is 0.286. The second-order valence-electron chi connectivity index (χ2n) is 7.12. The number of anilines is 1. The molecule has 0 amide bonds. The summed E-state index contributed by atoms with van der Waals surface area (Å²) >= 11 is 6.33. The fraction of sp³-hybridized carbons (Fsp3) is 0.238. The molecule has 34 heavy (non-hydrogen) atoms. The number of aromatic nitrogens is 5. The van der Waals surface area contributed by atoms with Crippen LogP contribution in [0.1, 0.15) is 17.1 Å². The van der Waals surface area contributed by atoms with Gasteiger partial charge in [0, 0.05) is 18.7 Å². The molecular formula is C21H20ClN7O5. The van der Waals surface area contributed by atoms with Crippen molar-refractivity contribution in [2.45, 2.75) is 20.4 Å². The van der Waals surface area contributed by atoms with Crippen molar-refractivity contribution in [3.63, 3.8) is 0 Å². The molecule has 0 aliphatic carbocycles. The molecule has 0 aliphatic rings. The number of nitrogens with one attached hydrogen (secondary N) is 1. The largest absolute Gasteiger partial charge is 0.493 e. The van der Waals surface area contributed by atoms with Crippen LogP contribution in [-0.2, 0) is 6.54 Å². The minimum Gasteiger partial charge on any atom is -0.493 e. The first kappa shape index (κ1) is 23.0. The van der Waals surface area contributed by atoms with E-state index in [2.05, 4.69) is 25.4 Å². The van der Waals surface area contributed by atoms with E-state index in [4.69, 9.17) is 25.8 Å². The first-order chi connectivity index (χ1) is 16.3. The van der Waals surface area contributed by atoms with E-state index in [-0.39, 0.29) is 11.7 Å². The molecule has 1 N–H and O–H groups in total. The molecular weight excluding hydrogens is 466 g/mol. The molecule has 12 nitrogen and oxygen atoms in total. The molecule has 0 fully saturated rings. The van der Waals surface area contributed by atoms with E-state index in [1.54, 1.807) is 38.1 Å². The van der Waals surface area contributed by atoms with Crippen LogP contribution < -0.4 is 19.5 Å². The number of halogens is 1. The van der Waals surface area contributed by atoms with Gasteiger partial charge in [-0.05, 0) is 41.6 Å². The fourth-order valence-electron chi connectivity index (χ4n) is 3.30. The Kier molecular flexibility index (Phi) is 6.32. The van der Waals surface area contributed by atoms with Gasteiger partial charge in [-0.2, -0.15) is 0 Å². The maximum Gasteiger partial charge on any atom is 0.368 e. The molecule has 13 heteroatoms. The molecule has 0 spiro atoms. The number of nitrogens with zero attached hydrogens (tertiary/aromatic N) is 6. The van der Waals surface area contributed by atoms with Gasteiger partial charge >= 0.3 is 5.82 Å². The lowest BCUT2D eigenvalue weighted by Crippen LogP contribution is -2.06. The van der Waals surface area contributed by atoms with Crippen LogP contribution in [0.4, 0.5) is 11.6 Å². The zero-order valence-electron chi connectivity index (χ0n) is 18.7. The molecule has 0 unspecified atom stereocenters. The van der Waals surface area contributed by atoms with E-state index in [9.17, 15) is 10.1 Å². The predicted octanol–water partition coefficient (Wildman–Crippen LogP) is 4.12. The number of hydrogen-bond donors (Lipinski definition) is 1. The molecule has 176 valence electrons. The predicted molar refractivity (Wildman–Crippen MR) is 123 cm³/mol. The van der Waals surface area contributed by atoms with Crippen molar-refractivity contribution in [1.82, 2.24) is 24.6 Å². The van der Waals surface area contributed by atoms with Gasteiger partial charge in [-0.1, -0.05) is 16.1 Å². The second kappa shape index (κ2) is 9.35. The van der Waals surface area contributed by atoms with Gasteiger partial charge in [-0.15, -0.1) is 0 Å². The van der Waals surface area contributed by atoms with E-state index in [0.717, 1.165) is 16.3 Å². The zero-order valence-corrected chi connectivity index (χ0v) is 19.5. The van der Waals surface area contributed by atoms with Crippen LogP contribution in [0.15, 0.2) is 30.5 Å². The van der Waals surface area contributed by atoms with Gasteiger partial charge in [0.15, 0.2) is 11.5 Å². The summed E-state index contributed by atoms with van der Waals surface area (Å²) in [6.45, 7) is 3.93.